The molecule has 2 fully saturated rings. The fraction of sp³-hybridized carbons (Fsp3) is 0.588. The van der Waals surface area contributed by atoms with Crippen LogP contribution >= 0.6 is 0 Å². The standard InChI is InChI=1S/C17H21F3N2O4/c18-17(19,20)26-14-3-1-13(2-4-14)22-7-5-12(6-8-22)21-16(23)15-11-24-9-10-25-15/h1-4,12,15H,5-11H2,(H,21,23)/t15-/m0/s1. The summed E-state index contributed by atoms with van der Waals surface area (Å²) >= 11 is 0. The molecule has 0 saturated carbocycles. The van der Waals surface area contributed by atoms with E-state index in [1.165, 1.54) is 12.1 Å². The van der Waals surface area contributed by atoms with Crippen LogP contribution in [0.1, 0.15) is 12.8 Å². The second-order valence-corrected chi connectivity index (χ2v) is 6.25. The zero-order chi connectivity index (χ0) is 18.6. The maximum atomic E-state index is 12.2. The van der Waals surface area contributed by atoms with Gasteiger partial charge in [0.05, 0.1) is 19.8 Å². The third kappa shape index (κ3) is 5.25. The zero-order valence-electron chi connectivity index (χ0n) is 14.1. The van der Waals surface area contributed by atoms with Crippen molar-refractivity contribution >= 4 is 11.6 Å². The Hall–Kier alpha value is -2.00. The minimum Gasteiger partial charge on any atom is -0.406 e. The van der Waals surface area contributed by atoms with Gasteiger partial charge in [-0.3, -0.25) is 4.79 Å². The highest BCUT2D eigenvalue weighted by molar-refractivity contribution is 5.81. The molecule has 9 heteroatoms. The van der Waals surface area contributed by atoms with Crippen molar-refractivity contribution in [3.05, 3.63) is 24.3 Å². The number of hydrogen-bond acceptors (Lipinski definition) is 5. The Morgan fingerprint density at radius 1 is 1.15 bits per heavy atom. The first-order valence-electron chi connectivity index (χ1n) is 8.51. The molecule has 2 saturated heterocycles. The molecular weight excluding hydrogens is 353 g/mol. The number of hydrogen-bond donors (Lipinski definition) is 1. The molecule has 0 aliphatic carbocycles. The minimum absolute atomic E-state index is 0.0529. The third-order valence-corrected chi connectivity index (χ3v) is 4.39. The van der Waals surface area contributed by atoms with Crippen LogP contribution in [0.2, 0.25) is 0 Å². The molecule has 2 aliphatic rings. The highest BCUT2D eigenvalue weighted by Crippen LogP contribution is 2.26. The molecule has 0 radical (unpaired) electrons. The van der Waals surface area contributed by atoms with E-state index in [-0.39, 0.29) is 24.3 Å². The van der Waals surface area contributed by atoms with E-state index < -0.39 is 12.5 Å². The van der Waals surface area contributed by atoms with Gasteiger partial charge in [-0.15, -0.1) is 13.2 Å². The number of alkyl halides is 3. The molecule has 2 aliphatic heterocycles. The summed E-state index contributed by atoms with van der Waals surface area (Å²) in [7, 11) is 0. The molecule has 1 amide bonds. The van der Waals surface area contributed by atoms with Crippen LogP contribution in [0, 0.1) is 0 Å². The first-order chi connectivity index (χ1) is 12.4. The molecule has 26 heavy (non-hydrogen) atoms. The fourth-order valence-electron chi connectivity index (χ4n) is 3.07. The quantitative estimate of drug-likeness (QED) is 0.875. The molecule has 2 heterocycles. The van der Waals surface area contributed by atoms with Gasteiger partial charge in [0.1, 0.15) is 5.75 Å². The number of ether oxygens (including phenoxy) is 3. The maximum Gasteiger partial charge on any atom is 0.573 e. The number of amides is 1. The van der Waals surface area contributed by atoms with Crippen LogP contribution < -0.4 is 15.0 Å². The Morgan fingerprint density at radius 3 is 2.42 bits per heavy atom. The average molecular weight is 374 g/mol. The van der Waals surface area contributed by atoms with Gasteiger partial charge in [-0.1, -0.05) is 0 Å². The lowest BCUT2D eigenvalue weighted by Crippen LogP contribution is -2.50. The van der Waals surface area contributed by atoms with E-state index in [4.69, 9.17) is 9.47 Å². The lowest BCUT2D eigenvalue weighted by molar-refractivity contribution is -0.274. The second-order valence-electron chi connectivity index (χ2n) is 6.25. The minimum atomic E-state index is -4.69. The molecule has 0 unspecified atom stereocenters. The molecule has 1 N–H and O–H groups in total. The number of nitrogens with one attached hydrogen (secondary N) is 1. The maximum absolute atomic E-state index is 12.2. The Balaban J connectivity index is 1.46. The van der Waals surface area contributed by atoms with E-state index in [0.717, 1.165) is 18.5 Å². The van der Waals surface area contributed by atoms with Crippen LogP contribution in [0.15, 0.2) is 24.3 Å². The van der Waals surface area contributed by atoms with Crippen molar-refractivity contribution in [1.29, 1.82) is 0 Å². The highest BCUT2D eigenvalue weighted by atomic mass is 19.4. The number of rotatable bonds is 4. The third-order valence-electron chi connectivity index (χ3n) is 4.39. The summed E-state index contributed by atoms with van der Waals surface area (Å²) in [5, 5.41) is 2.98. The van der Waals surface area contributed by atoms with Crippen molar-refractivity contribution in [2.75, 3.05) is 37.8 Å². The molecule has 0 aromatic heterocycles. The SMILES string of the molecule is O=C(NC1CCN(c2ccc(OC(F)(F)F)cc2)CC1)[C@@H]1COCCO1. The molecule has 3 rings (SSSR count). The summed E-state index contributed by atoms with van der Waals surface area (Å²) in [5.74, 6) is -0.394. The number of carbonyl (C=O) groups excluding carboxylic acids is 1. The second kappa shape index (κ2) is 8.13. The number of benzene rings is 1. The number of nitrogens with zero attached hydrogens (tertiary/aromatic N) is 1. The number of halogens is 3. The number of anilines is 1. The van der Waals surface area contributed by atoms with E-state index in [1.54, 1.807) is 12.1 Å². The van der Waals surface area contributed by atoms with Gasteiger partial charge in [0.2, 0.25) is 0 Å². The van der Waals surface area contributed by atoms with Crippen LogP contribution in [0.3, 0.4) is 0 Å². The number of piperidine rings is 1. The summed E-state index contributed by atoms with van der Waals surface area (Å²) in [5.41, 5.74) is 0.827. The van der Waals surface area contributed by atoms with Gasteiger partial charge in [0.25, 0.3) is 5.91 Å². The van der Waals surface area contributed by atoms with E-state index in [0.29, 0.717) is 26.3 Å². The predicted octanol–water partition coefficient (Wildman–Crippen LogP) is 2.09. The van der Waals surface area contributed by atoms with Crippen LogP contribution in [0.25, 0.3) is 0 Å². The summed E-state index contributed by atoms with van der Waals surface area (Å²) in [4.78, 5) is 14.2. The van der Waals surface area contributed by atoms with E-state index in [1.807, 2.05) is 0 Å². The summed E-state index contributed by atoms with van der Waals surface area (Å²) in [6.45, 7) is 2.61. The van der Waals surface area contributed by atoms with Crippen molar-refractivity contribution in [1.82, 2.24) is 5.32 Å². The smallest absolute Gasteiger partial charge is 0.406 e. The first kappa shape index (κ1) is 18.8. The molecule has 6 nitrogen and oxygen atoms in total. The largest absolute Gasteiger partial charge is 0.573 e. The van der Waals surface area contributed by atoms with Gasteiger partial charge < -0.3 is 24.4 Å². The van der Waals surface area contributed by atoms with Crippen molar-refractivity contribution in [2.45, 2.75) is 31.3 Å². The Labute approximate surface area is 149 Å². The van der Waals surface area contributed by atoms with Crippen molar-refractivity contribution in [3.63, 3.8) is 0 Å². The average Bonchev–Trinajstić information content (AvgIpc) is 2.62. The summed E-state index contributed by atoms with van der Waals surface area (Å²) in [6.07, 6.45) is -3.74. The Kier molecular flexibility index (Phi) is 5.87. The van der Waals surface area contributed by atoms with Crippen LogP contribution in [-0.2, 0) is 14.3 Å². The molecule has 0 bridgehead atoms. The zero-order valence-corrected chi connectivity index (χ0v) is 14.1. The van der Waals surface area contributed by atoms with Crippen LogP contribution in [-0.4, -0.2) is 57.3 Å². The Bertz CT molecular complexity index is 595. The normalized spacial score (nSPS) is 22.1. The van der Waals surface area contributed by atoms with Crippen molar-refractivity contribution < 1.29 is 32.2 Å². The molecule has 1 aromatic carbocycles. The lowest BCUT2D eigenvalue weighted by atomic mass is 10.0. The summed E-state index contributed by atoms with van der Waals surface area (Å²) < 4.78 is 51.1. The van der Waals surface area contributed by atoms with Gasteiger partial charge in [0, 0.05) is 24.8 Å². The monoisotopic (exact) mass is 374 g/mol. The van der Waals surface area contributed by atoms with Gasteiger partial charge in [-0.25, -0.2) is 0 Å². The van der Waals surface area contributed by atoms with E-state index in [2.05, 4.69) is 15.0 Å². The Morgan fingerprint density at radius 2 is 1.85 bits per heavy atom. The van der Waals surface area contributed by atoms with Crippen molar-refractivity contribution in [3.8, 4) is 5.75 Å². The highest BCUT2D eigenvalue weighted by Gasteiger charge is 2.31. The van der Waals surface area contributed by atoms with Gasteiger partial charge in [-0.05, 0) is 37.1 Å². The molecule has 0 spiro atoms. The molecule has 1 atom stereocenters. The van der Waals surface area contributed by atoms with E-state index >= 15 is 0 Å². The predicted molar refractivity (Wildman–Crippen MR) is 87.1 cm³/mol. The van der Waals surface area contributed by atoms with E-state index in [9.17, 15) is 18.0 Å². The fourth-order valence-corrected chi connectivity index (χ4v) is 3.07. The van der Waals surface area contributed by atoms with Crippen molar-refractivity contribution in [2.24, 2.45) is 0 Å². The molecule has 1 aromatic rings. The van der Waals surface area contributed by atoms with Gasteiger partial charge in [0.15, 0.2) is 6.10 Å². The van der Waals surface area contributed by atoms with Crippen LogP contribution in [0.4, 0.5) is 18.9 Å². The number of carbonyl (C=O) groups is 1. The molecular formula is C17H21F3N2O4. The molecule has 144 valence electrons. The van der Waals surface area contributed by atoms with Gasteiger partial charge >= 0.3 is 6.36 Å². The summed E-state index contributed by atoms with van der Waals surface area (Å²) in [6, 6.07) is 5.87. The van der Waals surface area contributed by atoms with Crippen LogP contribution in [0.5, 0.6) is 5.75 Å². The lowest BCUT2D eigenvalue weighted by Gasteiger charge is -2.34. The van der Waals surface area contributed by atoms with Gasteiger partial charge in [-0.2, -0.15) is 0 Å². The topological polar surface area (TPSA) is 60.0 Å². The first-order valence-corrected chi connectivity index (χ1v) is 8.51.